The van der Waals surface area contributed by atoms with E-state index in [0.717, 1.165) is 0 Å². The predicted octanol–water partition coefficient (Wildman–Crippen LogP) is 1.42. The molecular formula is C17H30FN3O4. The van der Waals surface area contributed by atoms with Gasteiger partial charge in [-0.2, -0.15) is 0 Å². The van der Waals surface area contributed by atoms with Crippen molar-refractivity contribution < 1.29 is 23.8 Å². The average Bonchev–Trinajstić information content (AvgIpc) is 2.84. The Morgan fingerprint density at radius 3 is 2.44 bits per heavy atom. The number of rotatable bonds is 4. The lowest BCUT2D eigenvalue weighted by Crippen LogP contribution is -2.62. The van der Waals surface area contributed by atoms with Gasteiger partial charge in [-0.3, -0.25) is 14.6 Å². The summed E-state index contributed by atoms with van der Waals surface area (Å²) >= 11 is 0. The Hall–Kier alpha value is -1.41. The van der Waals surface area contributed by atoms with Crippen LogP contribution in [0.3, 0.4) is 0 Å². The van der Waals surface area contributed by atoms with E-state index in [4.69, 9.17) is 4.74 Å². The lowest BCUT2D eigenvalue weighted by molar-refractivity contribution is -0.140. The lowest BCUT2D eigenvalue weighted by atomic mass is 10.1. The van der Waals surface area contributed by atoms with E-state index in [2.05, 4.69) is 0 Å². The Kier molecular flexibility index (Phi) is 6.26. The van der Waals surface area contributed by atoms with Gasteiger partial charge in [0.15, 0.2) is 0 Å². The van der Waals surface area contributed by atoms with Crippen molar-refractivity contribution in [2.24, 2.45) is 0 Å². The first-order valence-electron chi connectivity index (χ1n) is 8.87. The van der Waals surface area contributed by atoms with E-state index >= 15 is 0 Å². The number of carboxylic acids is 1. The number of alkyl halides is 1. The quantitative estimate of drug-likeness (QED) is 0.819. The number of halogens is 1. The summed E-state index contributed by atoms with van der Waals surface area (Å²) in [5.41, 5.74) is -0.582. The third-order valence-corrected chi connectivity index (χ3v) is 4.60. The van der Waals surface area contributed by atoms with Crippen molar-refractivity contribution in [2.75, 3.05) is 39.3 Å². The van der Waals surface area contributed by atoms with Crippen molar-refractivity contribution in [1.29, 1.82) is 0 Å². The minimum absolute atomic E-state index is 0.0793. The van der Waals surface area contributed by atoms with Crippen molar-refractivity contribution in [3.05, 3.63) is 0 Å². The largest absolute Gasteiger partial charge is 0.480 e. The van der Waals surface area contributed by atoms with Crippen LogP contribution in [0.4, 0.5) is 9.18 Å². The van der Waals surface area contributed by atoms with Crippen LogP contribution in [-0.2, 0) is 9.53 Å². The van der Waals surface area contributed by atoms with Crippen LogP contribution >= 0.6 is 0 Å². The van der Waals surface area contributed by atoms with Crippen molar-refractivity contribution in [3.8, 4) is 0 Å². The molecule has 2 aliphatic heterocycles. The fraction of sp³-hybridized carbons (Fsp3) is 0.882. The molecule has 0 aromatic heterocycles. The van der Waals surface area contributed by atoms with Gasteiger partial charge in [-0.25, -0.2) is 9.18 Å². The van der Waals surface area contributed by atoms with Crippen LogP contribution in [0, 0.1) is 0 Å². The van der Waals surface area contributed by atoms with Crippen molar-refractivity contribution in [2.45, 2.75) is 58.0 Å². The first kappa shape index (κ1) is 19.9. The summed E-state index contributed by atoms with van der Waals surface area (Å²) in [6, 6.07) is -0.289. The maximum absolute atomic E-state index is 13.5. The van der Waals surface area contributed by atoms with E-state index in [1.54, 1.807) is 4.90 Å². The van der Waals surface area contributed by atoms with Gasteiger partial charge in [0.05, 0.1) is 6.54 Å². The average molecular weight is 359 g/mol. The molecule has 2 aliphatic rings. The molecule has 1 amide bonds. The summed E-state index contributed by atoms with van der Waals surface area (Å²) in [6.45, 7) is 9.71. The summed E-state index contributed by atoms with van der Waals surface area (Å²) in [6.07, 6.45) is -0.695. The molecular weight excluding hydrogens is 329 g/mol. The van der Waals surface area contributed by atoms with Gasteiger partial charge in [-0.1, -0.05) is 0 Å². The zero-order chi connectivity index (χ0) is 18.8. The molecule has 0 aromatic rings. The Morgan fingerprint density at radius 1 is 1.24 bits per heavy atom. The van der Waals surface area contributed by atoms with Gasteiger partial charge in [0.1, 0.15) is 11.8 Å². The SMILES string of the molecule is C[C@@H]1CN(CC(=O)O)[C@@H](CN2CCC(F)C2)CN1C(=O)OC(C)(C)C. The molecule has 1 N–H and O–H groups in total. The summed E-state index contributed by atoms with van der Waals surface area (Å²) < 4.78 is 18.9. The number of hydrogen-bond acceptors (Lipinski definition) is 5. The molecule has 0 bridgehead atoms. The summed E-state index contributed by atoms with van der Waals surface area (Å²) in [4.78, 5) is 29.2. The van der Waals surface area contributed by atoms with E-state index in [0.29, 0.717) is 39.1 Å². The first-order valence-corrected chi connectivity index (χ1v) is 8.87. The summed E-state index contributed by atoms with van der Waals surface area (Å²) in [5, 5.41) is 9.18. The normalized spacial score (nSPS) is 29.0. The lowest BCUT2D eigenvalue weighted by Gasteiger charge is -2.45. The number of carbonyl (C=O) groups excluding carboxylic acids is 1. The molecule has 25 heavy (non-hydrogen) atoms. The van der Waals surface area contributed by atoms with Gasteiger partial charge in [0, 0.05) is 44.8 Å². The molecule has 3 atom stereocenters. The molecule has 7 nitrogen and oxygen atoms in total. The molecule has 2 saturated heterocycles. The fourth-order valence-electron chi connectivity index (χ4n) is 3.47. The monoisotopic (exact) mass is 359 g/mol. The van der Waals surface area contributed by atoms with Crippen molar-refractivity contribution in [3.63, 3.8) is 0 Å². The van der Waals surface area contributed by atoms with Crippen LogP contribution in [0.15, 0.2) is 0 Å². The maximum atomic E-state index is 13.5. The molecule has 0 radical (unpaired) electrons. The number of amides is 1. The predicted molar refractivity (Wildman–Crippen MR) is 91.4 cm³/mol. The second kappa shape index (κ2) is 7.86. The number of piperazine rings is 1. The Labute approximate surface area is 148 Å². The summed E-state index contributed by atoms with van der Waals surface area (Å²) in [7, 11) is 0. The van der Waals surface area contributed by atoms with Gasteiger partial charge in [-0.15, -0.1) is 0 Å². The molecule has 0 aliphatic carbocycles. The Bertz CT molecular complexity index is 497. The van der Waals surface area contributed by atoms with E-state index < -0.39 is 17.7 Å². The van der Waals surface area contributed by atoms with E-state index in [1.807, 2.05) is 37.5 Å². The van der Waals surface area contributed by atoms with Crippen LogP contribution in [0.5, 0.6) is 0 Å². The van der Waals surface area contributed by atoms with Crippen molar-refractivity contribution in [1.82, 2.24) is 14.7 Å². The third-order valence-electron chi connectivity index (χ3n) is 4.60. The standard InChI is InChI=1S/C17H30FN3O4/c1-12-7-20(11-15(22)23)14(9-19-6-5-13(18)8-19)10-21(12)16(24)25-17(2,3)4/h12-14H,5-11H2,1-4H3,(H,22,23)/t12-,13?,14+/m1/s1. The second-order valence-electron chi connectivity index (χ2n) is 8.10. The van der Waals surface area contributed by atoms with E-state index in [9.17, 15) is 19.1 Å². The maximum Gasteiger partial charge on any atom is 0.410 e. The molecule has 2 rings (SSSR count). The van der Waals surface area contributed by atoms with Crippen LogP contribution in [-0.4, -0.2) is 95.0 Å². The van der Waals surface area contributed by atoms with E-state index in [-0.39, 0.29) is 24.7 Å². The topological polar surface area (TPSA) is 73.3 Å². The molecule has 0 saturated carbocycles. The van der Waals surface area contributed by atoms with Crippen LogP contribution in [0.1, 0.15) is 34.1 Å². The first-order chi connectivity index (χ1) is 11.5. The molecule has 2 fully saturated rings. The van der Waals surface area contributed by atoms with Gasteiger partial charge in [0.25, 0.3) is 0 Å². The van der Waals surface area contributed by atoms with Crippen LogP contribution in [0.2, 0.25) is 0 Å². The number of ether oxygens (including phenoxy) is 1. The minimum atomic E-state index is -0.896. The highest BCUT2D eigenvalue weighted by Gasteiger charge is 2.38. The molecule has 0 aromatic carbocycles. The number of likely N-dealkylation sites (tertiary alicyclic amines) is 1. The fourth-order valence-corrected chi connectivity index (χ4v) is 3.47. The number of carboxylic acid groups (broad SMARTS) is 1. The molecule has 144 valence electrons. The highest BCUT2D eigenvalue weighted by atomic mass is 19.1. The number of nitrogens with zero attached hydrogens (tertiary/aromatic N) is 3. The van der Waals surface area contributed by atoms with Gasteiger partial charge in [-0.05, 0) is 34.1 Å². The number of hydrogen-bond donors (Lipinski definition) is 1. The number of aliphatic carboxylic acids is 1. The minimum Gasteiger partial charge on any atom is -0.480 e. The number of carbonyl (C=O) groups is 2. The molecule has 8 heteroatoms. The third kappa shape index (κ3) is 5.81. The second-order valence-corrected chi connectivity index (χ2v) is 8.10. The van der Waals surface area contributed by atoms with Gasteiger partial charge >= 0.3 is 12.1 Å². The highest BCUT2D eigenvalue weighted by molar-refractivity contribution is 5.70. The Morgan fingerprint density at radius 2 is 1.92 bits per heavy atom. The summed E-state index contributed by atoms with van der Waals surface area (Å²) in [5.74, 6) is -0.896. The molecule has 0 spiro atoms. The van der Waals surface area contributed by atoms with Crippen LogP contribution in [0.25, 0.3) is 0 Å². The zero-order valence-electron chi connectivity index (χ0n) is 15.6. The van der Waals surface area contributed by atoms with Gasteiger partial charge < -0.3 is 14.7 Å². The highest BCUT2D eigenvalue weighted by Crippen LogP contribution is 2.21. The zero-order valence-corrected chi connectivity index (χ0v) is 15.6. The smallest absolute Gasteiger partial charge is 0.410 e. The Balaban J connectivity index is 2.07. The van der Waals surface area contributed by atoms with Gasteiger partial charge in [0.2, 0.25) is 0 Å². The van der Waals surface area contributed by atoms with E-state index in [1.165, 1.54) is 0 Å². The van der Waals surface area contributed by atoms with Crippen molar-refractivity contribution >= 4 is 12.1 Å². The molecule has 2 heterocycles. The molecule has 1 unspecified atom stereocenters. The van der Waals surface area contributed by atoms with Crippen LogP contribution < -0.4 is 0 Å².